The Morgan fingerprint density at radius 1 is 0.543 bits per heavy atom. The molecule has 2 aliphatic rings. The first-order valence-corrected chi connectivity index (χ1v) is 16.3. The van der Waals surface area contributed by atoms with Crippen LogP contribution in [-0.2, 0) is 6.42 Å². The smallest absolute Gasteiger partial charge is 0.137 e. The van der Waals surface area contributed by atoms with Gasteiger partial charge in [0.1, 0.15) is 11.3 Å². The van der Waals surface area contributed by atoms with Gasteiger partial charge in [-0.15, -0.1) is 0 Å². The third kappa shape index (κ3) is 4.41. The quantitative estimate of drug-likeness (QED) is 0.198. The third-order valence-electron chi connectivity index (χ3n) is 9.65. The van der Waals surface area contributed by atoms with Crippen molar-refractivity contribution in [2.75, 3.05) is 4.90 Å². The highest BCUT2D eigenvalue weighted by molar-refractivity contribution is 6.16. The molecule has 0 aliphatic heterocycles. The average Bonchev–Trinajstić information content (AvgIpc) is 3.51. The van der Waals surface area contributed by atoms with Gasteiger partial charge in [-0.25, -0.2) is 0 Å². The number of benzene rings is 6. The summed E-state index contributed by atoms with van der Waals surface area (Å²) in [5, 5.41) is 6.28. The molecular formula is C44H33NO. The van der Waals surface area contributed by atoms with Crippen molar-refractivity contribution in [2.45, 2.75) is 25.7 Å². The summed E-state index contributed by atoms with van der Waals surface area (Å²) in [6, 6.07) is 50.7. The molecule has 2 nitrogen and oxygen atoms in total. The second-order valence-corrected chi connectivity index (χ2v) is 12.3. The van der Waals surface area contributed by atoms with Crippen molar-refractivity contribution in [1.29, 1.82) is 0 Å². The highest BCUT2D eigenvalue weighted by Crippen LogP contribution is 2.44. The van der Waals surface area contributed by atoms with Gasteiger partial charge >= 0.3 is 0 Å². The molecule has 0 bridgehead atoms. The lowest BCUT2D eigenvalue weighted by atomic mass is 9.90. The zero-order chi connectivity index (χ0) is 30.5. The summed E-state index contributed by atoms with van der Waals surface area (Å²) in [6.45, 7) is 0. The maximum atomic E-state index is 6.64. The summed E-state index contributed by atoms with van der Waals surface area (Å²) in [7, 11) is 0. The van der Waals surface area contributed by atoms with Crippen LogP contribution in [0.3, 0.4) is 0 Å². The summed E-state index contributed by atoms with van der Waals surface area (Å²) in [6.07, 6.45) is 8.38. The Balaban J connectivity index is 1.34. The molecule has 6 aromatic carbocycles. The van der Waals surface area contributed by atoms with E-state index in [-0.39, 0.29) is 0 Å². The lowest BCUT2D eigenvalue weighted by Crippen LogP contribution is -2.37. The van der Waals surface area contributed by atoms with Crippen molar-refractivity contribution in [3.63, 3.8) is 0 Å². The minimum atomic E-state index is 0.922. The largest absolute Gasteiger partial charge is 0.460 e. The number of anilines is 2. The zero-order valence-corrected chi connectivity index (χ0v) is 25.6. The predicted molar refractivity (Wildman–Crippen MR) is 192 cm³/mol. The van der Waals surface area contributed by atoms with Crippen LogP contribution < -0.4 is 15.3 Å². The number of nitrogens with zero attached hydrogens (tertiary/aromatic N) is 1. The molecule has 0 saturated carbocycles. The highest BCUT2D eigenvalue weighted by Gasteiger charge is 2.25. The Morgan fingerprint density at radius 2 is 1.20 bits per heavy atom. The molecule has 1 heterocycles. The fourth-order valence-electron chi connectivity index (χ4n) is 7.54. The molecule has 46 heavy (non-hydrogen) atoms. The first kappa shape index (κ1) is 26.8. The van der Waals surface area contributed by atoms with E-state index in [0.29, 0.717) is 0 Å². The van der Waals surface area contributed by atoms with Crippen molar-refractivity contribution in [1.82, 2.24) is 0 Å². The van der Waals surface area contributed by atoms with Crippen molar-refractivity contribution in [2.24, 2.45) is 0 Å². The van der Waals surface area contributed by atoms with Gasteiger partial charge in [0.25, 0.3) is 0 Å². The SMILES string of the molecule is C1=Cc2c(oc3cc(N(C4=c5ccccc5=C(c5ccccc5)CC4)c4ccc(-c5ccccc5)cc4)c4ccccc4c23)CC1. The average molecular weight is 592 g/mol. The van der Waals surface area contributed by atoms with Crippen LogP contribution in [0.2, 0.25) is 0 Å². The Kier molecular flexibility index (Phi) is 6.45. The second-order valence-electron chi connectivity index (χ2n) is 12.3. The van der Waals surface area contributed by atoms with Crippen LogP contribution in [-0.4, -0.2) is 0 Å². The molecule has 9 rings (SSSR count). The van der Waals surface area contributed by atoms with Crippen molar-refractivity contribution >= 4 is 50.5 Å². The molecule has 7 aromatic rings. The molecule has 0 N–H and O–H groups in total. The van der Waals surface area contributed by atoms with Crippen LogP contribution in [0, 0.1) is 0 Å². The number of hydrogen-bond acceptors (Lipinski definition) is 2. The number of furan rings is 1. The highest BCUT2D eigenvalue weighted by atomic mass is 16.3. The van der Waals surface area contributed by atoms with Crippen molar-refractivity contribution < 1.29 is 4.42 Å². The van der Waals surface area contributed by atoms with E-state index in [1.165, 1.54) is 60.1 Å². The first-order chi connectivity index (χ1) is 22.8. The summed E-state index contributed by atoms with van der Waals surface area (Å²) in [5.74, 6) is 1.09. The van der Waals surface area contributed by atoms with E-state index in [1.807, 2.05) is 0 Å². The van der Waals surface area contributed by atoms with Gasteiger partial charge in [-0.05, 0) is 64.3 Å². The number of aryl methyl sites for hydroxylation is 1. The first-order valence-electron chi connectivity index (χ1n) is 16.3. The van der Waals surface area contributed by atoms with E-state index >= 15 is 0 Å². The van der Waals surface area contributed by atoms with Gasteiger partial charge in [0.2, 0.25) is 0 Å². The van der Waals surface area contributed by atoms with E-state index in [1.54, 1.807) is 0 Å². The lowest BCUT2D eigenvalue weighted by molar-refractivity contribution is 0.546. The van der Waals surface area contributed by atoms with Crippen molar-refractivity contribution in [3.05, 3.63) is 173 Å². The van der Waals surface area contributed by atoms with Crippen LogP contribution in [0.5, 0.6) is 0 Å². The van der Waals surface area contributed by atoms with Gasteiger partial charge in [0.05, 0.1) is 5.69 Å². The van der Waals surface area contributed by atoms with E-state index in [0.717, 1.165) is 48.4 Å². The van der Waals surface area contributed by atoms with Crippen LogP contribution in [0.4, 0.5) is 11.4 Å². The Morgan fingerprint density at radius 3 is 1.98 bits per heavy atom. The lowest BCUT2D eigenvalue weighted by Gasteiger charge is -2.32. The molecule has 0 unspecified atom stereocenters. The second kappa shape index (κ2) is 11.1. The number of allylic oxidation sites excluding steroid dienone is 1. The van der Waals surface area contributed by atoms with Crippen molar-refractivity contribution in [3.8, 4) is 11.1 Å². The van der Waals surface area contributed by atoms with Gasteiger partial charge in [0.15, 0.2) is 0 Å². The normalized spacial score (nSPS) is 14.0. The summed E-state index contributed by atoms with van der Waals surface area (Å²) in [5.41, 5.74) is 10.9. The predicted octanol–water partition coefficient (Wildman–Crippen LogP) is 10.2. The Bertz CT molecular complexity index is 2400. The van der Waals surface area contributed by atoms with E-state index in [2.05, 4.69) is 157 Å². The van der Waals surface area contributed by atoms with E-state index in [9.17, 15) is 0 Å². The van der Waals surface area contributed by atoms with Gasteiger partial charge in [-0.3, -0.25) is 0 Å². The molecular weight excluding hydrogens is 558 g/mol. The molecule has 0 radical (unpaired) electrons. The maximum Gasteiger partial charge on any atom is 0.137 e. The van der Waals surface area contributed by atoms with Gasteiger partial charge in [-0.1, -0.05) is 133 Å². The maximum absolute atomic E-state index is 6.64. The summed E-state index contributed by atoms with van der Waals surface area (Å²) >= 11 is 0. The standard InChI is InChI=1S/C44H33NO/c1-3-13-30(14-4-1)31-23-25-33(26-24-31)45(40-28-27-34(32-15-5-2-6-16-32)35-17-7-8-18-36(35)40)41-29-43-44(38-20-10-9-19-37(38)41)39-21-11-12-22-42(39)46-43/h1-11,13-21,23-26,29H,12,22,27-28H2. The van der Waals surface area contributed by atoms with E-state index < -0.39 is 0 Å². The fraction of sp³-hybridized carbons (Fsp3) is 0.0909. The Labute approximate surface area is 268 Å². The molecule has 220 valence electrons. The van der Waals surface area contributed by atoms with Crippen LogP contribution >= 0.6 is 0 Å². The fourth-order valence-corrected chi connectivity index (χ4v) is 7.54. The van der Waals surface area contributed by atoms with Crippen LogP contribution in [0.15, 0.2) is 150 Å². The molecule has 1 aromatic heterocycles. The molecule has 0 spiro atoms. The topological polar surface area (TPSA) is 16.4 Å². The monoisotopic (exact) mass is 591 g/mol. The third-order valence-corrected chi connectivity index (χ3v) is 9.65. The number of hydrogen-bond donors (Lipinski definition) is 0. The molecule has 0 atom stereocenters. The molecule has 0 saturated heterocycles. The van der Waals surface area contributed by atoms with Gasteiger partial charge in [-0.2, -0.15) is 0 Å². The minimum Gasteiger partial charge on any atom is -0.460 e. The number of fused-ring (bicyclic) bond motifs is 6. The zero-order valence-electron chi connectivity index (χ0n) is 25.6. The molecule has 0 amide bonds. The molecule has 2 aliphatic carbocycles. The van der Waals surface area contributed by atoms with Gasteiger partial charge < -0.3 is 9.32 Å². The molecule has 2 heteroatoms. The minimum absolute atomic E-state index is 0.922. The molecule has 0 fully saturated rings. The number of rotatable bonds is 5. The van der Waals surface area contributed by atoms with Gasteiger partial charge in [0, 0.05) is 45.4 Å². The van der Waals surface area contributed by atoms with E-state index in [4.69, 9.17) is 4.42 Å². The summed E-state index contributed by atoms with van der Waals surface area (Å²) < 4.78 is 6.64. The van der Waals surface area contributed by atoms with Crippen LogP contribution in [0.25, 0.3) is 50.2 Å². The Hall–Kier alpha value is -5.60. The van der Waals surface area contributed by atoms with Crippen LogP contribution in [0.1, 0.15) is 36.1 Å². The summed E-state index contributed by atoms with van der Waals surface area (Å²) in [4.78, 5) is 2.51.